The number of hydrogen-bond donors (Lipinski definition) is 6. The van der Waals surface area contributed by atoms with E-state index in [2.05, 4.69) is 26.2 Å². The lowest BCUT2D eigenvalue weighted by Gasteiger charge is -2.21. The Labute approximate surface area is 138 Å². The maximum atomic E-state index is 11.7. The van der Waals surface area contributed by atoms with E-state index in [4.69, 9.17) is 15.9 Å². The van der Waals surface area contributed by atoms with Gasteiger partial charge >= 0.3 is 0 Å². The Morgan fingerprint density at radius 2 is 2.22 bits per heavy atom. The van der Waals surface area contributed by atoms with E-state index in [1.165, 1.54) is 10.9 Å². The highest BCUT2D eigenvalue weighted by molar-refractivity contribution is 9.09. The highest BCUT2D eigenvalue weighted by Gasteiger charge is 2.46. The van der Waals surface area contributed by atoms with E-state index in [1.54, 1.807) is 0 Å². The quantitative estimate of drug-likeness (QED) is 0.249. The fourth-order valence-corrected chi connectivity index (χ4v) is 3.64. The van der Waals surface area contributed by atoms with E-state index < -0.39 is 47.9 Å². The predicted molar refractivity (Wildman–Crippen MR) is 79.4 cm³/mol. The molecule has 1 saturated heterocycles. The van der Waals surface area contributed by atoms with Gasteiger partial charge in [0.15, 0.2) is 11.7 Å². The molecule has 23 heavy (non-hydrogen) atoms. The number of hydrogen-bond acceptors (Lipinski definition) is 8. The van der Waals surface area contributed by atoms with Crippen molar-refractivity contribution in [2.24, 2.45) is 5.73 Å². The number of fused-ring (bicyclic) bond motifs is 1. The average molecular weight is 390 g/mol. The molecule has 2 aliphatic heterocycles. The lowest BCUT2D eigenvalue weighted by Crippen LogP contribution is -2.33. The fraction of sp³-hybridized carbons (Fsp3) is 0.583. The SMILES string of the molecule is N=c1ncn(C2O[C@@H](CO)C(O)C2O)c2c1C(C(N)=O)C(Br)N2. The minimum Gasteiger partial charge on any atom is -0.394 e. The molecule has 10 nitrogen and oxygen atoms in total. The van der Waals surface area contributed by atoms with Crippen molar-refractivity contribution in [3.63, 3.8) is 0 Å². The van der Waals surface area contributed by atoms with Crippen molar-refractivity contribution in [1.82, 2.24) is 9.55 Å². The van der Waals surface area contributed by atoms with Gasteiger partial charge in [-0.15, -0.1) is 0 Å². The molecule has 0 bridgehead atoms. The van der Waals surface area contributed by atoms with Crippen LogP contribution in [-0.4, -0.2) is 60.6 Å². The summed E-state index contributed by atoms with van der Waals surface area (Å²) in [4.78, 5) is 15.0. The number of amides is 1. The number of aliphatic hydroxyl groups excluding tert-OH is 3. The van der Waals surface area contributed by atoms with E-state index in [1.807, 2.05) is 0 Å². The topological polar surface area (TPSA) is 167 Å². The Bertz CT molecular complexity index is 697. The van der Waals surface area contributed by atoms with Gasteiger partial charge in [-0.05, 0) is 0 Å². The number of halogens is 1. The molecule has 1 amide bonds. The minimum atomic E-state index is -1.30. The van der Waals surface area contributed by atoms with Gasteiger partial charge in [-0.1, -0.05) is 15.9 Å². The number of anilines is 1. The van der Waals surface area contributed by atoms with Crippen LogP contribution in [0.5, 0.6) is 0 Å². The normalized spacial score (nSPS) is 35.8. The van der Waals surface area contributed by atoms with Gasteiger partial charge in [-0.2, -0.15) is 0 Å². The Morgan fingerprint density at radius 1 is 1.52 bits per heavy atom. The molecule has 5 unspecified atom stereocenters. The second-order valence-electron chi connectivity index (χ2n) is 5.42. The van der Waals surface area contributed by atoms with Crippen LogP contribution in [0.3, 0.4) is 0 Å². The van der Waals surface area contributed by atoms with Gasteiger partial charge in [-0.3, -0.25) is 14.8 Å². The molecule has 0 aromatic carbocycles. The van der Waals surface area contributed by atoms with Crippen LogP contribution in [0.1, 0.15) is 17.7 Å². The van der Waals surface area contributed by atoms with E-state index in [-0.39, 0.29) is 11.1 Å². The van der Waals surface area contributed by atoms with Crippen LogP contribution in [0.25, 0.3) is 0 Å². The summed E-state index contributed by atoms with van der Waals surface area (Å²) in [5.74, 6) is -1.10. The monoisotopic (exact) mass is 389 g/mol. The molecule has 0 saturated carbocycles. The summed E-state index contributed by atoms with van der Waals surface area (Å²) < 4.78 is 6.84. The number of alkyl halides is 1. The Morgan fingerprint density at radius 3 is 2.78 bits per heavy atom. The van der Waals surface area contributed by atoms with Crippen LogP contribution >= 0.6 is 15.9 Å². The third-order valence-electron chi connectivity index (χ3n) is 4.06. The van der Waals surface area contributed by atoms with Crippen molar-refractivity contribution in [3.05, 3.63) is 17.4 Å². The van der Waals surface area contributed by atoms with Gasteiger partial charge in [0, 0.05) is 0 Å². The van der Waals surface area contributed by atoms with Crippen molar-refractivity contribution >= 4 is 27.7 Å². The standard InChI is InChI=1S/C12H16BrN5O5/c13-8-4(10(15)22)5-9(14)16-2-18(11(5)17-8)12-7(21)6(20)3(1-19)23-12/h2-4,6-8,12,14,17,19-21H,1H2,(H2,15,22)/t3-,4?,6?,7?,8?,12?/m0/s1. The first kappa shape index (κ1) is 16.3. The van der Waals surface area contributed by atoms with Crippen molar-refractivity contribution in [2.75, 3.05) is 11.9 Å². The summed E-state index contributed by atoms with van der Waals surface area (Å²) in [5.41, 5.74) is 5.54. The van der Waals surface area contributed by atoms with Crippen LogP contribution in [0.4, 0.5) is 5.82 Å². The largest absolute Gasteiger partial charge is 0.394 e. The lowest BCUT2D eigenvalue weighted by atomic mass is 10.0. The predicted octanol–water partition coefficient (Wildman–Crippen LogP) is -2.31. The number of nitrogens with one attached hydrogen (secondary N) is 2. The van der Waals surface area contributed by atoms with Crippen molar-refractivity contribution < 1.29 is 24.9 Å². The van der Waals surface area contributed by atoms with Crippen LogP contribution in [0.2, 0.25) is 0 Å². The second kappa shape index (κ2) is 5.83. The summed E-state index contributed by atoms with van der Waals surface area (Å²) in [6.45, 7) is -0.458. The number of aromatic nitrogens is 2. The molecular formula is C12H16BrN5O5. The third-order valence-corrected chi connectivity index (χ3v) is 4.81. The zero-order chi connectivity index (χ0) is 16.9. The van der Waals surface area contributed by atoms with Gasteiger partial charge in [0.05, 0.1) is 17.1 Å². The number of primary amides is 1. The molecule has 1 fully saturated rings. The zero-order valence-corrected chi connectivity index (χ0v) is 13.3. The molecule has 3 heterocycles. The van der Waals surface area contributed by atoms with E-state index in [9.17, 15) is 20.1 Å². The molecule has 0 radical (unpaired) electrons. The van der Waals surface area contributed by atoms with Gasteiger partial charge in [-0.25, -0.2) is 4.98 Å². The van der Waals surface area contributed by atoms with Crippen LogP contribution in [-0.2, 0) is 9.53 Å². The number of aliphatic hydroxyl groups is 3. The third kappa shape index (κ3) is 2.44. The molecule has 126 valence electrons. The summed E-state index contributed by atoms with van der Waals surface area (Å²) >= 11 is 3.29. The number of ether oxygens (including phenoxy) is 1. The summed E-state index contributed by atoms with van der Waals surface area (Å²) in [6.07, 6.45) is -3.28. The van der Waals surface area contributed by atoms with Crippen molar-refractivity contribution in [2.45, 2.75) is 35.4 Å². The second-order valence-corrected chi connectivity index (χ2v) is 6.40. The van der Waals surface area contributed by atoms with Gasteiger partial charge in [0.1, 0.15) is 36.4 Å². The molecule has 1 aromatic heterocycles. The lowest BCUT2D eigenvalue weighted by molar-refractivity contribution is -0.119. The maximum Gasteiger partial charge on any atom is 0.228 e. The van der Waals surface area contributed by atoms with Crippen LogP contribution in [0, 0.1) is 5.41 Å². The molecule has 11 heteroatoms. The first-order valence-electron chi connectivity index (χ1n) is 6.84. The van der Waals surface area contributed by atoms with Gasteiger partial charge in [0.25, 0.3) is 0 Å². The highest BCUT2D eigenvalue weighted by Crippen LogP contribution is 2.39. The molecule has 0 aliphatic carbocycles. The number of carbonyl (C=O) groups is 1. The molecule has 3 rings (SSSR count). The minimum absolute atomic E-state index is 0.124. The maximum absolute atomic E-state index is 11.7. The summed E-state index contributed by atoms with van der Waals surface area (Å²) in [6, 6.07) is 0. The zero-order valence-electron chi connectivity index (χ0n) is 11.8. The Balaban J connectivity index is 2.08. The van der Waals surface area contributed by atoms with Crippen molar-refractivity contribution in [3.8, 4) is 0 Å². The summed E-state index contributed by atoms with van der Waals surface area (Å²) in [7, 11) is 0. The number of carbonyl (C=O) groups excluding carboxylic acids is 1. The first-order chi connectivity index (χ1) is 10.9. The van der Waals surface area contributed by atoms with E-state index >= 15 is 0 Å². The van der Waals surface area contributed by atoms with E-state index in [0.717, 1.165) is 0 Å². The number of nitrogens with zero attached hydrogens (tertiary/aromatic N) is 2. The molecule has 6 atom stereocenters. The Kier molecular flexibility index (Phi) is 4.14. The first-order valence-corrected chi connectivity index (χ1v) is 7.76. The van der Waals surface area contributed by atoms with Crippen LogP contribution < -0.4 is 16.5 Å². The summed E-state index contributed by atoms with van der Waals surface area (Å²) in [5, 5.41) is 40.1. The van der Waals surface area contributed by atoms with E-state index in [0.29, 0.717) is 5.82 Å². The Hall–Kier alpha value is -1.53. The van der Waals surface area contributed by atoms with Crippen LogP contribution in [0.15, 0.2) is 6.33 Å². The average Bonchev–Trinajstić information content (AvgIpc) is 2.99. The molecule has 7 N–H and O–H groups in total. The van der Waals surface area contributed by atoms with Crippen molar-refractivity contribution in [1.29, 1.82) is 5.41 Å². The fourth-order valence-electron chi connectivity index (χ4n) is 2.89. The number of rotatable bonds is 3. The molecular weight excluding hydrogens is 374 g/mol. The number of nitrogens with two attached hydrogens (primary N) is 1. The van der Waals surface area contributed by atoms with Gasteiger partial charge < -0.3 is 31.1 Å². The van der Waals surface area contributed by atoms with Gasteiger partial charge in [0.2, 0.25) is 5.91 Å². The molecule has 2 aliphatic rings. The molecule has 1 aromatic rings. The smallest absolute Gasteiger partial charge is 0.228 e. The highest BCUT2D eigenvalue weighted by atomic mass is 79.9. The molecule has 0 spiro atoms.